The second-order valence-corrected chi connectivity index (χ2v) is 10.4. The highest BCUT2D eigenvalue weighted by molar-refractivity contribution is 6.25. The van der Waals surface area contributed by atoms with Crippen molar-refractivity contribution in [2.75, 3.05) is 4.90 Å². The van der Waals surface area contributed by atoms with Crippen LogP contribution in [0, 0.1) is 28.9 Å². The van der Waals surface area contributed by atoms with Crippen LogP contribution in [-0.2, 0) is 15.0 Å². The molecule has 1 heterocycles. The molecule has 4 aromatic rings. The molecule has 2 atom stereocenters. The third-order valence-corrected chi connectivity index (χ3v) is 8.45. The number of hydrogen-bond acceptors (Lipinski definition) is 5. The smallest absolute Gasteiger partial charge is 0.274 e. The Bertz CT molecular complexity index is 1680. The molecule has 8 rings (SSSR count). The minimum absolute atomic E-state index is 0.00466. The van der Waals surface area contributed by atoms with E-state index in [0.717, 1.165) is 38.4 Å². The number of aryl methyl sites for hydroxylation is 1. The lowest BCUT2D eigenvalue weighted by molar-refractivity contribution is -0.384. The van der Waals surface area contributed by atoms with Gasteiger partial charge in [0.15, 0.2) is 0 Å². The molecule has 190 valence electrons. The molecule has 0 aromatic heterocycles. The molecule has 0 unspecified atom stereocenters. The van der Waals surface area contributed by atoms with Crippen LogP contribution >= 0.6 is 0 Å². The fraction of sp³-hybridized carbons (Fsp3) is 0.156. The summed E-state index contributed by atoms with van der Waals surface area (Å²) in [6.45, 7) is 2.01. The molecule has 0 saturated carbocycles. The van der Waals surface area contributed by atoms with Crippen molar-refractivity contribution in [1.29, 1.82) is 0 Å². The molecule has 3 aliphatic carbocycles. The molecule has 0 N–H and O–H groups in total. The lowest BCUT2D eigenvalue weighted by Crippen LogP contribution is -2.54. The minimum atomic E-state index is -1.03. The first-order chi connectivity index (χ1) is 18.9. The van der Waals surface area contributed by atoms with Gasteiger partial charge in [-0.25, -0.2) is 4.90 Å². The zero-order chi connectivity index (χ0) is 26.9. The van der Waals surface area contributed by atoms with Crippen LogP contribution in [0.4, 0.5) is 17.1 Å². The number of aliphatic imine (C=N–C) groups is 1. The van der Waals surface area contributed by atoms with E-state index in [2.05, 4.69) is 0 Å². The van der Waals surface area contributed by atoms with Gasteiger partial charge in [-0.3, -0.25) is 24.7 Å². The highest BCUT2D eigenvalue weighted by atomic mass is 16.6. The summed E-state index contributed by atoms with van der Waals surface area (Å²) in [5.74, 6) is -2.72. The molecule has 4 aliphatic rings. The maximum absolute atomic E-state index is 14.4. The van der Waals surface area contributed by atoms with Crippen molar-refractivity contribution < 1.29 is 14.5 Å². The van der Waals surface area contributed by atoms with E-state index >= 15 is 0 Å². The Hall–Kier alpha value is -4.91. The highest BCUT2D eigenvalue weighted by Crippen LogP contribution is 2.64. The molecule has 2 bridgehead atoms. The highest BCUT2D eigenvalue weighted by Gasteiger charge is 2.68. The number of rotatable bonds is 4. The summed E-state index contributed by atoms with van der Waals surface area (Å²) in [5.41, 5.74) is 4.40. The number of nitro benzene ring substituents is 1. The van der Waals surface area contributed by atoms with Crippen molar-refractivity contribution in [1.82, 2.24) is 0 Å². The Morgan fingerprint density at radius 1 is 0.821 bits per heavy atom. The summed E-state index contributed by atoms with van der Waals surface area (Å²) < 4.78 is 0. The van der Waals surface area contributed by atoms with Gasteiger partial charge >= 0.3 is 0 Å². The van der Waals surface area contributed by atoms with Crippen molar-refractivity contribution in [2.24, 2.45) is 16.8 Å². The van der Waals surface area contributed by atoms with Gasteiger partial charge in [-0.2, -0.15) is 0 Å². The molecule has 1 fully saturated rings. The third kappa shape index (κ3) is 3.07. The predicted octanol–water partition coefficient (Wildman–Crippen LogP) is 5.86. The number of anilines is 1. The van der Waals surface area contributed by atoms with Crippen molar-refractivity contribution in [3.05, 3.63) is 135 Å². The second kappa shape index (κ2) is 8.30. The van der Waals surface area contributed by atoms with E-state index < -0.39 is 34.0 Å². The number of benzene rings is 4. The molecule has 7 nitrogen and oxygen atoms in total. The standard InChI is InChI=1S/C32H23N3O4/c1-19-14-16-20(17-15-19)33-18-32-23-10-4-2-8-21(23)27(22-9-3-5-11-24(22)32)28-29(32)31(37)34(30(28)36)25-12-6-7-13-26(25)35(38)39/h2-18,27-29H,1H3/t27?,28-,29+,32?/m1/s1. The zero-order valence-corrected chi connectivity index (χ0v) is 21.0. The Morgan fingerprint density at radius 3 is 2.05 bits per heavy atom. The molecule has 39 heavy (non-hydrogen) atoms. The van der Waals surface area contributed by atoms with E-state index in [4.69, 9.17) is 4.99 Å². The summed E-state index contributed by atoms with van der Waals surface area (Å²) in [6.07, 6.45) is 1.83. The molecule has 2 amide bonds. The van der Waals surface area contributed by atoms with Crippen molar-refractivity contribution in [3.8, 4) is 0 Å². The van der Waals surface area contributed by atoms with Crippen LogP contribution in [0.3, 0.4) is 0 Å². The van der Waals surface area contributed by atoms with E-state index in [1.807, 2.05) is 85.9 Å². The fourth-order valence-electron chi connectivity index (χ4n) is 6.90. The molecule has 1 aliphatic heterocycles. The van der Waals surface area contributed by atoms with E-state index in [0.29, 0.717) is 0 Å². The summed E-state index contributed by atoms with van der Waals surface area (Å²) >= 11 is 0. The van der Waals surface area contributed by atoms with Crippen LogP contribution in [-0.4, -0.2) is 23.0 Å². The molecule has 0 radical (unpaired) electrons. The number of amides is 2. The zero-order valence-electron chi connectivity index (χ0n) is 21.0. The van der Waals surface area contributed by atoms with E-state index in [9.17, 15) is 19.7 Å². The maximum atomic E-state index is 14.4. The van der Waals surface area contributed by atoms with Crippen LogP contribution in [0.5, 0.6) is 0 Å². The number of para-hydroxylation sites is 2. The van der Waals surface area contributed by atoms with Crippen LogP contribution in [0.25, 0.3) is 0 Å². The van der Waals surface area contributed by atoms with Crippen molar-refractivity contribution in [3.63, 3.8) is 0 Å². The van der Waals surface area contributed by atoms with Gasteiger partial charge in [0, 0.05) is 18.2 Å². The summed E-state index contributed by atoms with van der Waals surface area (Å²) in [7, 11) is 0. The third-order valence-electron chi connectivity index (χ3n) is 8.45. The minimum Gasteiger partial charge on any atom is -0.274 e. The molecule has 4 aromatic carbocycles. The number of nitro groups is 1. The second-order valence-electron chi connectivity index (χ2n) is 10.4. The largest absolute Gasteiger partial charge is 0.293 e. The summed E-state index contributed by atoms with van der Waals surface area (Å²) in [5, 5.41) is 11.9. The Kier molecular flexibility index (Phi) is 4.94. The Balaban J connectivity index is 1.50. The first kappa shape index (κ1) is 23.2. The van der Waals surface area contributed by atoms with E-state index in [1.54, 1.807) is 6.07 Å². The first-order valence-electron chi connectivity index (χ1n) is 12.9. The number of nitrogens with zero attached hydrogens (tertiary/aromatic N) is 3. The first-order valence-corrected chi connectivity index (χ1v) is 12.9. The lowest BCUT2D eigenvalue weighted by atomic mass is 9.47. The van der Waals surface area contributed by atoms with E-state index in [1.165, 1.54) is 18.2 Å². The van der Waals surface area contributed by atoms with E-state index in [-0.39, 0.29) is 17.3 Å². The van der Waals surface area contributed by atoms with Crippen LogP contribution < -0.4 is 4.90 Å². The Labute approximate surface area is 224 Å². The normalized spacial score (nSPS) is 24.5. The van der Waals surface area contributed by atoms with Gasteiger partial charge in [0.25, 0.3) is 5.69 Å². The predicted molar refractivity (Wildman–Crippen MR) is 147 cm³/mol. The van der Waals surface area contributed by atoms with Gasteiger partial charge in [0.2, 0.25) is 11.8 Å². The van der Waals surface area contributed by atoms with Gasteiger partial charge in [-0.1, -0.05) is 78.4 Å². The molecule has 1 saturated heterocycles. The van der Waals surface area contributed by atoms with Gasteiger partial charge in [0.05, 0.1) is 27.9 Å². The number of imide groups is 1. The average molecular weight is 514 g/mol. The average Bonchev–Trinajstić information content (AvgIpc) is 3.23. The Morgan fingerprint density at radius 2 is 1.41 bits per heavy atom. The topological polar surface area (TPSA) is 92.9 Å². The fourth-order valence-corrected chi connectivity index (χ4v) is 6.90. The SMILES string of the molecule is Cc1ccc(N=CC23c4ccccc4C(c4ccccc42)[C@H]2C(=O)N(c4ccccc4[N+](=O)[O-])C(=O)[C@H]23)cc1. The monoisotopic (exact) mass is 513 g/mol. The van der Waals surface area contributed by atoms with Crippen LogP contribution in [0.1, 0.15) is 33.7 Å². The quantitative estimate of drug-likeness (QED) is 0.148. The summed E-state index contributed by atoms with van der Waals surface area (Å²) in [6, 6.07) is 29.6. The van der Waals surface area contributed by atoms with Gasteiger partial charge in [-0.15, -0.1) is 0 Å². The summed E-state index contributed by atoms with van der Waals surface area (Å²) in [4.78, 5) is 45.9. The number of hydrogen-bond donors (Lipinski definition) is 0. The number of carbonyl (C=O) groups is 2. The molecular weight excluding hydrogens is 490 g/mol. The van der Waals surface area contributed by atoms with Crippen LogP contribution in [0.15, 0.2) is 102 Å². The van der Waals surface area contributed by atoms with Crippen LogP contribution in [0.2, 0.25) is 0 Å². The van der Waals surface area contributed by atoms with Gasteiger partial charge < -0.3 is 0 Å². The van der Waals surface area contributed by atoms with Gasteiger partial charge in [-0.05, 0) is 47.4 Å². The molecule has 0 spiro atoms. The number of carbonyl (C=O) groups excluding carboxylic acids is 2. The molecule has 7 heteroatoms. The van der Waals surface area contributed by atoms with Crippen molar-refractivity contribution >= 4 is 35.1 Å². The van der Waals surface area contributed by atoms with Crippen molar-refractivity contribution in [2.45, 2.75) is 18.3 Å². The van der Waals surface area contributed by atoms with Gasteiger partial charge in [0.1, 0.15) is 5.69 Å². The molecular formula is C32H23N3O4. The lowest BCUT2D eigenvalue weighted by Gasteiger charge is -2.52. The maximum Gasteiger partial charge on any atom is 0.293 e.